The molecule has 8 nitrogen and oxygen atoms in total. The smallest absolute Gasteiger partial charge is 0.403 e. The van der Waals surface area contributed by atoms with E-state index in [-0.39, 0.29) is 24.7 Å². The van der Waals surface area contributed by atoms with E-state index in [2.05, 4.69) is 13.5 Å². The van der Waals surface area contributed by atoms with Crippen LogP contribution in [0, 0.1) is 6.92 Å². The number of hydrogen-bond donors (Lipinski definition) is 0. The first kappa shape index (κ1) is 34.3. The van der Waals surface area contributed by atoms with Crippen molar-refractivity contribution in [3.63, 3.8) is 0 Å². The molecule has 2 fully saturated rings. The highest BCUT2D eigenvalue weighted by atomic mass is 32.1. The highest BCUT2D eigenvalue weighted by Crippen LogP contribution is 2.62. The third-order valence-electron chi connectivity index (χ3n) is 8.01. The summed E-state index contributed by atoms with van der Waals surface area (Å²) in [5.74, 6) is 0.464. The van der Waals surface area contributed by atoms with E-state index in [0.717, 1.165) is 51.3 Å². The molecule has 47 heavy (non-hydrogen) atoms. The Morgan fingerprint density at radius 1 is 0.872 bits per heavy atom. The summed E-state index contributed by atoms with van der Waals surface area (Å²) >= 11 is 3.06. The zero-order chi connectivity index (χ0) is 33.0. The molecule has 6 rings (SSSR count). The fourth-order valence-corrected chi connectivity index (χ4v) is 10.2. The predicted molar refractivity (Wildman–Crippen MR) is 188 cm³/mol. The van der Waals surface area contributed by atoms with Crippen LogP contribution in [0.1, 0.15) is 84.6 Å². The number of allylic oxidation sites excluding steroid dienone is 1. The van der Waals surface area contributed by atoms with Gasteiger partial charge in [-0.1, -0.05) is 67.8 Å². The highest BCUT2D eigenvalue weighted by molar-refractivity contribution is 7.49. The number of rotatable bonds is 12. The molecule has 4 aromatic rings. The summed E-state index contributed by atoms with van der Waals surface area (Å²) in [6.45, 7) is 10.7. The fraction of sp³-hybridized carbons (Fsp3) is 0.371. The number of thiophene rings is 2. The summed E-state index contributed by atoms with van der Waals surface area (Å²) in [7, 11) is -8.21. The molecule has 2 aliphatic rings. The molecule has 250 valence electrons. The highest BCUT2D eigenvalue weighted by Gasteiger charge is 2.42. The normalized spacial score (nSPS) is 24.6. The van der Waals surface area contributed by atoms with E-state index in [9.17, 15) is 9.13 Å². The third kappa shape index (κ3) is 8.21. The van der Waals surface area contributed by atoms with E-state index in [1.54, 1.807) is 0 Å². The van der Waals surface area contributed by atoms with Crippen LogP contribution in [0.15, 0.2) is 71.9 Å². The van der Waals surface area contributed by atoms with Crippen LogP contribution in [-0.4, -0.2) is 13.2 Å². The average Bonchev–Trinajstić information content (AvgIpc) is 3.76. The Labute approximate surface area is 284 Å². The van der Waals surface area contributed by atoms with Crippen LogP contribution in [-0.2, 0) is 33.6 Å². The number of aryl methyl sites for hydroxylation is 2. The summed E-state index contributed by atoms with van der Waals surface area (Å²) < 4.78 is 64.9. The van der Waals surface area contributed by atoms with E-state index in [1.165, 1.54) is 22.7 Å². The van der Waals surface area contributed by atoms with Crippen molar-refractivity contribution in [2.24, 2.45) is 0 Å². The summed E-state index contributed by atoms with van der Waals surface area (Å²) in [5.41, 5.74) is 4.59. The Kier molecular flexibility index (Phi) is 10.9. The monoisotopic (exact) mass is 714 g/mol. The summed E-state index contributed by atoms with van der Waals surface area (Å²) in [6, 6.07) is 17.4. The van der Waals surface area contributed by atoms with Crippen molar-refractivity contribution in [1.29, 1.82) is 0 Å². The molecule has 0 N–H and O–H groups in total. The SMILES string of the molecule is C=C(C)c1ccc(C)cc1-c1c(OP2(=O)OCCC(c3cccs3)O2)cc(CCCCC)cc1OP1(=O)OCCC(c2cccs2)O1. The van der Waals surface area contributed by atoms with Crippen molar-refractivity contribution in [2.45, 2.75) is 71.5 Å². The Morgan fingerprint density at radius 3 is 1.94 bits per heavy atom. The first-order valence-electron chi connectivity index (χ1n) is 15.9. The van der Waals surface area contributed by atoms with Gasteiger partial charge in [0.05, 0.1) is 18.8 Å². The molecular weight excluding hydrogens is 674 g/mol. The van der Waals surface area contributed by atoms with E-state index in [4.69, 9.17) is 27.1 Å². The lowest BCUT2D eigenvalue weighted by molar-refractivity contribution is 0.0526. The predicted octanol–water partition coefficient (Wildman–Crippen LogP) is 11.9. The molecule has 0 amide bonds. The van der Waals surface area contributed by atoms with Gasteiger partial charge in [0, 0.05) is 22.6 Å². The zero-order valence-electron chi connectivity index (χ0n) is 26.8. The van der Waals surface area contributed by atoms with Gasteiger partial charge in [0.1, 0.15) is 23.7 Å². The lowest BCUT2D eigenvalue weighted by Crippen LogP contribution is -2.17. The van der Waals surface area contributed by atoms with Crippen LogP contribution in [0.25, 0.3) is 16.7 Å². The molecule has 2 aliphatic heterocycles. The van der Waals surface area contributed by atoms with Gasteiger partial charge in [-0.05, 0) is 78.4 Å². The lowest BCUT2D eigenvalue weighted by atomic mass is 9.91. The van der Waals surface area contributed by atoms with Gasteiger partial charge < -0.3 is 9.05 Å². The molecular formula is C35H40O8P2S2. The molecule has 4 heterocycles. The molecule has 4 unspecified atom stereocenters. The average molecular weight is 715 g/mol. The van der Waals surface area contributed by atoms with Crippen molar-refractivity contribution >= 4 is 43.9 Å². The topological polar surface area (TPSA) is 89.5 Å². The minimum absolute atomic E-state index is 0.206. The Balaban J connectivity index is 1.47. The van der Waals surface area contributed by atoms with Gasteiger partial charge in [-0.25, -0.2) is 9.13 Å². The van der Waals surface area contributed by atoms with Gasteiger partial charge >= 0.3 is 15.6 Å². The molecule has 2 aromatic heterocycles. The largest absolute Gasteiger partial charge is 0.530 e. The van der Waals surface area contributed by atoms with Crippen LogP contribution < -0.4 is 9.05 Å². The van der Waals surface area contributed by atoms with Gasteiger partial charge in [0.15, 0.2) is 0 Å². The van der Waals surface area contributed by atoms with Crippen LogP contribution in [0.2, 0.25) is 0 Å². The minimum Gasteiger partial charge on any atom is -0.403 e. The van der Waals surface area contributed by atoms with Crippen molar-refractivity contribution in [3.8, 4) is 22.6 Å². The second kappa shape index (κ2) is 14.9. The second-order valence-electron chi connectivity index (χ2n) is 11.8. The van der Waals surface area contributed by atoms with Crippen LogP contribution in [0.5, 0.6) is 11.5 Å². The van der Waals surface area contributed by atoms with Gasteiger partial charge in [-0.2, -0.15) is 0 Å². The molecule has 0 bridgehead atoms. The maximum Gasteiger partial charge on any atom is 0.530 e. The Morgan fingerprint density at radius 2 is 1.45 bits per heavy atom. The second-order valence-corrected chi connectivity index (χ2v) is 16.8. The summed E-state index contributed by atoms with van der Waals surface area (Å²) in [6.07, 6.45) is 3.90. The summed E-state index contributed by atoms with van der Waals surface area (Å²) in [5, 5.41) is 3.91. The first-order valence-corrected chi connectivity index (χ1v) is 20.6. The number of hydrogen-bond acceptors (Lipinski definition) is 10. The van der Waals surface area contributed by atoms with E-state index >= 15 is 0 Å². The van der Waals surface area contributed by atoms with E-state index in [0.29, 0.717) is 30.4 Å². The fourth-order valence-electron chi connectivity index (χ4n) is 5.71. The molecule has 0 aliphatic carbocycles. The van der Waals surface area contributed by atoms with Gasteiger partial charge in [0.2, 0.25) is 0 Å². The maximum absolute atomic E-state index is 14.3. The van der Waals surface area contributed by atoms with Crippen LogP contribution in [0.3, 0.4) is 0 Å². The number of unbranched alkanes of at least 4 members (excludes halogenated alkanes) is 2. The molecule has 2 saturated heterocycles. The Bertz CT molecular complexity index is 1700. The van der Waals surface area contributed by atoms with Crippen molar-refractivity contribution in [2.75, 3.05) is 13.2 Å². The summed E-state index contributed by atoms with van der Waals surface area (Å²) in [4.78, 5) is 1.89. The van der Waals surface area contributed by atoms with Gasteiger partial charge in [-0.3, -0.25) is 18.1 Å². The molecule has 0 saturated carbocycles. The van der Waals surface area contributed by atoms with Gasteiger partial charge in [-0.15, -0.1) is 22.7 Å². The molecule has 2 aromatic carbocycles. The number of phosphoric ester groups is 2. The van der Waals surface area contributed by atoms with Crippen molar-refractivity contribution < 1.29 is 36.3 Å². The van der Waals surface area contributed by atoms with Crippen molar-refractivity contribution in [3.05, 3.63) is 98.4 Å². The zero-order valence-corrected chi connectivity index (χ0v) is 30.3. The minimum atomic E-state index is -4.11. The lowest BCUT2D eigenvalue weighted by Gasteiger charge is -2.31. The maximum atomic E-state index is 14.3. The van der Waals surface area contributed by atoms with E-state index in [1.807, 2.05) is 79.2 Å². The molecule has 12 heteroatoms. The van der Waals surface area contributed by atoms with Crippen LogP contribution in [0.4, 0.5) is 0 Å². The van der Waals surface area contributed by atoms with Crippen LogP contribution >= 0.6 is 38.3 Å². The van der Waals surface area contributed by atoms with Gasteiger partial charge in [0.25, 0.3) is 0 Å². The Hall–Kier alpha value is -2.52. The third-order valence-corrected chi connectivity index (χ3v) is 12.8. The number of benzene rings is 2. The molecule has 0 spiro atoms. The van der Waals surface area contributed by atoms with Crippen molar-refractivity contribution in [1.82, 2.24) is 0 Å². The molecule has 0 radical (unpaired) electrons. The number of phosphoric acid groups is 2. The first-order chi connectivity index (χ1) is 22.7. The molecule has 4 atom stereocenters. The quantitative estimate of drug-likeness (QED) is 0.106. The van der Waals surface area contributed by atoms with E-state index < -0.39 is 27.9 Å². The standard InChI is InChI=1S/C35H40O8P2S2/c1-5-6-7-10-26-22-31(42-44(36)38-17-15-29(40-44)33-11-8-19-46-33)35(28-21-25(4)13-14-27(28)24(2)3)32(23-26)43-45(37)39-18-16-30(41-45)34-12-9-20-47-34/h8-9,11-14,19-23,29-30H,2,5-7,10,15-18H2,1,3-4H3.